The van der Waals surface area contributed by atoms with E-state index in [2.05, 4.69) is 4.74 Å². The molecule has 4 atom stereocenters. The van der Waals surface area contributed by atoms with Crippen LogP contribution in [0.4, 0.5) is 0 Å². The van der Waals surface area contributed by atoms with Crippen LogP contribution < -0.4 is 0 Å². The van der Waals surface area contributed by atoms with E-state index >= 15 is 0 Å². The highest BCUT2D eigenvalue weighted by Gasteiger charge is 2.48. The molecule has 0 aromatic heterocycles. The van der Waals surface area contributed by atoms with Gasteiger partial charge in [0.25, 0.3) is 0 Å². The summed E-state index contributed by atoms with van der Waals surface area (Å²) in [6.07, 6.45) is -4.56. The molecule has 0 aliphatic carbocycles. The Kier molecular flexibility index (Phi) is 2.67. The summed E-state index contributed by atoms with van der Waals surface area (Å²) < 4.78 is 4.50. The average Bonchev–Trinajstić information content (AvgIpc) is 2.09. The van der Waals surface area contributed by atoms with E-state index in [4.69, 9.17) is 20.4 Å². The third kappa shape index (κ3) is 1.45. The van der Waals surface area contributed by atoms with Gasteiger partial charge in [0.05, 0.1) is 6.61 Å². The van der Waals surface area contributed by atoms with Crippen molar-refractivity contribution in [3.63, 3.8) is 0 Å². The molecule has 1 aliphatic rings. The summed E-state index contributed by atoms with van der Waals surface area (Å²) in [7, 11) is 0. The summed E-state index contributed by atoms with van der Waals surface area (Å²) in [4.78, 5) is 0. The van der Waals surface area contributed by atoms with Gasteiger partial charge in [0.1, 0.15) is 24.9 Å². The van der Waals surface area contributed by atoms with E-state index < -0.39 is 24.1 Å². The van der Waals surface area contributed by atoms with Gasteiger partial charge in [0, 0.05) is 0 Å². The topological polar surface area (TPSA) is 110 Å². The Morgan fingerprint density at radius 2 is 1.92 bits per heavy atom. The van der Waals surface area contributed by atoms with Crippen LogP contribution in [-0.4, -0.2) is 56.2 Å². The van der Waals surface area contributed by atoms with Crippen LogP contribution in [0.5, 0.6) is 0 Å². The van der Waals surface area contributed by atoms with E-state index in [9.17, 15) is 5.11 Å². The molecule has 1 heterocycles. The molecule has 12 heavy (non-hydrogen) atoms. The van der Waals surface area contributed by atoms with Crippen molar-refractivity contribution in [2.75, 3.05) is 6.61 Å². The van der Waals surface area contributed by atoms with Crippen molar-refractivity contribution in [1.82, 2.24) is 0 Å². The lowest BCUT2D eigenvalue weighted by Gasteiger charge is -2.39. The van der Waals surface area contributed by atoms with Crippen molar-refractivity contribution < 1.29 is 30.3 Å². The molecule has 0 aromatic rings. The summed E-state index contributed by atoms with van der Waals surface area (Å²) in [6.45, 7) is -0.126. The quantitative estimate of drug-likeness (QED) is 0.300. The maximum absolute atomic E-state index is 9.19. The lowest BCUT2D eigenvalue weighted by atomic mass is 9.98. The van der Waals surface area contributed by atoms with Crippen LogP contribution in [0.2, 0.25) is 0 Å². The fraction of sp³-hybridized carbons (Fsp3) is 0.833. The number of rotatable bonds is 1. The zero-order valence-corrected chi connectivity index (χ0v) is 6.16. The molecule has 1 radical (unpaired) electrons. The minimum absolute atomic E-state index is 0.229. The average molecular weight is 179 g/mol. The predicted molar refractivity (Wildman–Crippen MR) is 35.2 cm³/mol. The predicted octanol–water partition coefficient (Wildman–Crippen LogP) is -2.68. The van der Waals surface area contributed by atoms with E-state index in [1.54, 1.807) is 0 Å². The number of aliphatic hydroxyl groups excluding tert-OH is 4. The van der Waals surface area contributed by atoms with Gasteiger partial charge in [-0.15, -0.1) is 0 Å². The van der Waals surface area contributed by atoms with Gasteiger partial charge in [-0.2, -0.15) is 0 Å². The SMILES string of the molecule is O[CH][C@@]1(O)OC[C@@H](O)[C@@H](O)[C@@H]1O. The minimum Gasteiger partial charge on any atom is -0.388 e. The van der Waals surface area contributed by atoms with Gasteiger partial charge in [-0.25, -0.2) is 0 Å². The van der Waals surface area contributed by atoms with E-state index in [1.807, 2.05) is 0 Å². The number of hydrogen-bond donors (Lipinski definition) is 5. The molecule has 6 heteroatoms. The van der Waals surface area contributed by atoms with Gasteiger partial charge in [-0.3, -0.25) is 0 Å². The molecule has 0 saturated carbocycles. The second kappa shape index (κ2) is 3.25. The van der Waals surface area contributed by atoms with Gasteiger partial charge in [-0.1, -0.05) is 0 Å². The smallest absolute Gasteiger partial charge is 0.224 e. The van der Waals surface area contributed by atoms with Crippen LogP contribution in [-0.2, 0) is 4.74 Å². The highest BCUT2D eigenvalue weighted by Crippen LogP contribution is 2.24. The van der Waals surface area contributed by atoms with Crippen molar-refractivity contribution in [3.05, 3.63) is 6.61 Å². The third-order valence-electron chi connectivity index (χ3n) is 1.81. The Balaban J connectivity index is 2.71. The first-order chi connectivity index (χ1) is 5.51. The van der Waals surface area contributed by atoms with Crippen molar-refractivity contribution in [1.29, 1.82) is 0 Å². The molecule has 0 bridgehead atoms. The fourth-order valence-electron chi connectivity index (χ4n) is 0.972. The number of ether oxygens (including phenoxy) is 1. The lowest BCUT2D eigenvalue weighted by Crippen LogP contribution is -2.61. The summed E-state index contributed by atoms with van der Waals surface area (Å²) in [5.41, 5.74) is 0. The highest BCUT2D eigenvalue weighted by molar-refractivity contribution is 4.95. The van der Waals surface area contributed by atoms with Crippen LogP contribution in [0.15, 0.2) is 0 Å². The zero-order valence-electron chi connectivity index (χ0n) is 6.16. The van der Waals surface area contributed by atoms with Crippen molar-refractivity contribution in [3.8, 4) is 0 Å². The van der Waals surface area contributed by atoms with Gasteiger partial charge in [0.15, 0.2) is 0 Å². The molecular formula is C6H11O6. The van der Waals surface area contributed by atoms with Gasteiger partial charge >= 0.3 is 0 Å². The number of hydrogen-bond acceptors (Lipinski definition) is 6. The molecular weight excluding hydrogens is 168 g/mol. The van der Waals surface area contributed by atoms with Crippen LogP contribution >= 0.6 is 0 Å². The molecule has 6 nitrogen and oxygen atoms in total. The minimum atomic E-state index is -2.29. The molecule has 0 amide bonds. The zero-order chi connectivity index (χ0) is 9.35. The van der Waals surface area contributed by atoms with Crippen molar-refractivity contribution >= 4 is 0 Å². The molecule has 1 saturated heterocycles. The molecule has 71 valence electrons. The van der Waals surface area contributed by atoms with Crippen LogP contribution in [0.1, 0.15) is 0 Å². The normalized spacial score (nSPS) is 49.2. The van der Waals surface area contributed by atoms with Crippen LogP contribution in [0.3, 0.4) is 0 Å². The summed E-state index contributed by atoms with van der Waals surface area (Å²) >= 11 is 0. The second-order valence-corrected chi connectivity index (χ2v) is 2.69. The Morgan fingerprint density at radius 3 is 2.42 bits per heavy atom. The Morgan fingerprint density at radius 1 is 1.33 bits per heavy atom. The first kappa shape index (κ1) is 9.85. The first-order valence-corrected chi connectivity index (χ1v) is 3.40. The van der Waals surface area contributed by atoms with Crippen molar-refractivity contribution in [2.24, 2.45) is 0 Å². The van der Waals surface area contributed by atoms with Crippen LogP contribution in [0, 0.1) is 6.61 Å². The molecule has 5 N–H and O–H groups in total. The van der Waals surface area contributed by atoms with E-state index in [-0.39, 0.29) is 13.2 Å². The fourth-order valence-corrected chi connectivity index (χ4v) is 0.972. The van der Waals surface area contributed by atoms with Gasteiger partial charge in [0.2, 0.25) is 5.79 Å². The Labute approximate surface area is 68.6 Å². The van der Waals surface area contributed by atoms with E-state index in [0.29, 0.717) is 0 Å². The first-order valence-electron chi connectivity index (χ1n) is 3.40. The van der Waals surface area contributed by atoms with Crippen LogP contribution in [0.25, 0.3) is 0 Å². The molecule has 1 aliphatic heterocycles. The molecule has 1 fully saturated rings. The van der Waals surface area contributed by atoms with E-state index in [1.165, 1.54) is 0 Å². The molecule has 0 unspecified atom stereocenters. The van der Waals surface area contributed by atoms with Gasteiger partial charge in [-0.05, 0) is 0 Å². The van der Waals surface area contributed by atoms with E-state index in [0.717, 1.165) is 0 Å². The van der Waals surface area contributed by atoms with Gasteiger partial charge < -0.3 is 30.3 Å². The highest BCUT2D eigenvalue weighted by atomic mass is 16.7. The lowest BCUT2D eigenvalue weighted by molar-refractivity contribution is -0.315. The summed E-state index contributed by atoms with van der Waals surface area (Å²) in [5.74, 6) is -2.29. The molecule has 0 spiro atoms. The maximum Gasteiger partial charge on any atom is 0.224 e. The number of aliphatic hydroxyl groups is 5. The molecule has 1 rings (SSSR count). The molecule has 0 aromatic carbocycles. The summed E-state index contributed by atoms with van der Waals surface area (Å²) in [6, 6.07) is 0. The second-order valence-electron chi connectivity index (χ2n) is 2.69. The monoisotopic (exact) mass is 179 g/mol. The third-order valence-corrected chi connectivity index (χ3v) is 1.81. The standard InChI is InChI=1S/C6H11O6/c7-2-6(11)5(10)4(9)3(8)1-12-6/h2-5,7-11H,1H2/t3-,4-,5+,6-/m1/s1. The Bertz CT molecular complexity index is 162. The summed E-state index contributed by atoms with van der Waals surface area (Å²) in [5, 5.41) is 44.7. The maximum atomic E-state index is 9.19. The Hall–Kier alpha value is -0.240. The largest absolute Gasteiger partial charge is 0.388 e. The van der Waals surface area contributed by atoms with Crippen molar-refractivity contribution in [2.45, 2.75) is 24.1 Å².